The summed E-state index contributed by atoms with van der Waals surface area (Å²) >= 11 is 0. The Balaban J connectivity index is 2.23. The van der Waals surface area contributed by atoms with Crippen molar-refractivity contribution in [2.45, 2.75) is 0 Å². The zero-order valence-electron chi connectivity index (χ0n) is 10.7. The second kappa shape index (κ2) is 5.84. The van der Waals surface area contributed by atoms with Crippen molar-refractivity contribution in [2.75, 3.05) is 0 Å². The van der Waals surface area contributed by atoms with Crippen molar-refractivity contribution in [1.82, 2.24) is 0 Å². The zero-order valence-corrected chi connectivity index (χ0v) is 10.7. The van der Waals surface area contributed by atoms with E-state index in [1.807, 2.05) is 0 Å². The number of esters is 1. The highest BCUT2D eigenvalue weighted by molar-refractivity contribution is 6.05. The monoisotopic (exact) mass is 267 g/mol. The molecule has 0 aromatic heterocycles. The first-order chi connectivity index (χ1) is 9.61. The number of hydrogen-bond donors (Lipinski definition) is 1. The van der Waals surface area contributed by atoms with E-state index in [9.17, 15) is 9.59 Å². The average molecular weight is 267 g/mol. The van der Waals surface area contributed by atoms with Crippen molar-refractivity contribution in [1.29, 1.82) is 0 Å². The van der Waals surface area contributed by atoms with Crippen LogP contribution in [-0.4, -0.2) is 11.9 Å². The quantitative estimate of drug-likeness (QED) is 0.684. The standard InChI is InChI=1S/C16H13NO3/c1-2-11-7-9-12(10-8-11)20-16(19)14-6-4-3-5-13(14)15(17)18/h2-10H,1H2,(H2,17,18). The molecule has 1 amide bonds. The summed E-state index contributed by atoms with van der Waals surface area (Å²) in [5.74, 6) is -0.898. The number of amides is 1. The van der Waals surface area contributed by atoms with Gasteiger partial charge in [0.25, 0.3) is 0 Å². The highest BCUT2D eigenvalue weighted by Crippen LogP contribution is 2.16. The molecular formula is C16H13NO3. The van der Waals surface area contributed by atoms with Crippen LogP contribution in [0.1, 0.15) is 26.3 Å². The van der Waals surface area contributed by atoms with Gasteiger partial charge >= 0.3 is 5.97 Å². The Labute approximate surface area is 116 Å². The maximum Gasteiger partial charge on any atom is 0.344 e. The summed E-state index contributed by atoms with van der Waals surface area (Å²) in [6, 6.07) is 13.1. The Morgan fingerprint density at radius 2 is 1.60 bits per heavy atom. The highest BCUT2D eigenvalue weighted by Gasteiger charge is 2.16. The first-order valence-electron chi connectivity index (χ1n) is 5.95. The largest absolute Gasteiger partial charge is 0.423 e. The van der Waals surface area contributed by atoms with E-state index in [4.69, 9.17) is 10.5 Å². The van der Waals surface area contributed by atoms with Gasteiger partial charge in [0, 0.05) is 0 Å². The van der Waals surface area contributed by atoms with Crippen LogP contribution < -0.4 is 10.5 Å². The third-order valence-electron chi connectivity index (χ3n) is 2.74. The summed E-state index contributed by atoms with van der Waals surface area (Å²) in [6.07, 6.45) is 1.69. The van der Waals surface area contributed by atoms with Gasteiger partial charge in [-0.25, -0.2) is 4.79 Å². The maximum absolute atomic E-state index is 12.0. The molecule has 4 heteroatoms. The van der Waals surface area contributed by atoms with Crippen molar-refractivity contribution < 1.29 is 14.3 Å². The lowest BCUT2D eigenvalue weighted by Crippen LogP contribution is -2.18. The van der Waals surface area contributed by atoms with Crippen LogP contribution in [0.25, 0.3) is 6.08 Å². The third kappa shape index (κ3) is 2.92. The van der Waals surface area contributed by atoms with E-state index >= 15 is 0 Å². The summed E-state index contributed by atoms with van der Waals surface area (Å²) < 4.78 is 5.21. The Kier molecular flexibility index (Phi) is 3.96. The second-order valence-electron chi connectivity index (χ2n) is 4.07. The topological polar surface area (TPSA) is 69.4 Å². The summed E-state index contributed by atoms with van der Waals surface area (Å²) in [5.41, 5.74) is 6.43. The minimum absolute atomic E-state index is 0.139. The Morgan fingerprint density at radius 1 is 1.00 bits per heavy atom. The van der Waals surface area contributed by atoms with Crippen LogP contribution in [0.2, 0.25) is 0 Å². The number of ether oxygens (including phenoxy) is 1. The van der Waals surface area contributed by atoms with Crippen LogP contribution >= 0.6 is 0 Å². The highest BCUT2D eigenvalue weighted by atomic mass is 16.5. The van der Waals surface area contributed by atoms with Gasteiger partial charge in [0.1, 0.15) is 5.75 Å². The van der Waals surface area contributed by atoms with Gasteiger partial charge in [-0.3, -0.25) is 4.79 Å². The Bertz CT molecular complexity index is 660. The number of carbonyl (C=O) groups excluding carboxylic acids is 2. The van der Waals surface area contributed by atoms with Crippen molar-refractivity contribution in [3.8, 4) is 5.75 Å². The van der Waals surface area contributed by atoms with Gasteiger partial charge in [-0.1, -0.05) is 36.9 Å². The second-order valence-corrected chi connectivity index (χ2v) is 4.07. The summed E-state index contributed by atoms with van der Waals surface area (Å²) in [7, 11) is 0. The maximum atomic E-state index is 12.0. The molecule has 2 rings (SSSR count). The van der Waals surface area contributed by atoms with Crippen LogP contribution in [0.15, 0.2) is 55.1 Å². The Morgan fingerprint density at radius 3 is 2.15 bits per heavy atom. The van der Waals surface area contributed by atoms with Gasteiger partial charge in [-0.15, -0.1) is 0 Å². The smallest absolute Gasteiger partial charge is 0.344 e. The predicted molar refractivity (Wildman–Crippen MR) is 76.5 cm³/mol. The molecule has 2 aromatic carbocycles. The molecule has 0 unspecified atom stereocenters. The third-order valence-corrected chi connectivity index (χ3v) is 2.74. The molecule has 0 saturated carbocycles. The Hall–Kier alpha value is -2.88. The van der Waals surface area contributed by atoms with Crippen LogP contribution in [0, 0.1) is 0 Å². The van der Waals surface area contributed by atoms with Gasteiger partial charge in [0.05, 0.1) is 11.1 Å². The molecular weight excluding hydrogens is 254 g/mol. The van der Waals surface area contributed by atoms with E-state index < -0.39 is 11.9 Å². The fourth-order valence-corrected chi connectivity index (χ4v) is 1.71. The van der Waals surface area contributed by atoms with Gasteiger partial charge < -0.3 is 10.5 Å². The van der Waals surface area contributed by atoms with Crippen molar-refractivity contribution in [3.63, 3.8) is 0 Å². The van der Waals surface area contributed by atoms with E-state index in [2.05, 4.69) is 6.58 Å². The lowest BCUT2D eigenvalue weighted by molar-refractivity contribution is 0.0729. The molecule has 0 heterocycles. The van der Waals surface area contributed by atoms with Crippen LogP contribution in [0.5, 0.6) is 5.75 Å². The fourth-order valence-electron chi connectivity index (χ4n) is 1.71. The molecule has 0 fully saturated rings. The number of carbonyl (C=O) groups is 2. The van der Waals surface area contributed by atoms with Gasteiger partial charge in [-0.05, 0) is 29.8 Å². The SMILES string of the molecule is C=Cc1ccc(OC(=O)c2ccccc2C(N)=O)cc1. The number of nitrogens with two attached hydrogens (primary N) is 1. The zero-order chi connectivity index (χ0) is 14.5. The van der Waals surface area contributed by atoms with E-state index in [1.54, 1.807) is 42.5 Å². The molecule has 0 aliphatic carbocycles. The lowest BCUT2D eigenvalue weighted by Gasteiger charge is -2.07. The fraction of sp³-hybridized carbons (Fsp3) is 0. The van der Waals surface area contributed by atoms with Crippen LogP contribution in [-0.2, 0) is 0 Å². The molecule has 0 saturated heterocycles. The normalized spacial score (nSPS) is 9.80. The molecule has 0 aliphatic heterocycles. The molecule has 2 N–H and O–H groups in total. The molecule has 0 bridgehead atoms. The minimum atomic E-state index is -0.667. The molecule has 0 atom stereocenters. The number of primary amides is 1. The molecule has 0 aliphatic rings. The van der Waals surface area contributed by atoms with Gasteiger partial charge in [-0.2, -0.15) is 0 Å². The summed E-state index contributed by atoms with van der Waals surface area (Å²) in [4.78, 5) is 23.3. The average Bonchev–Trinajstić information content (AvgIpc) is 2.48. The number of benzene rings is 2. The molecule has 0 radical (unpaired) electrons. The molecule has 0 spiro atoms. The lowest BCUT2D eigenvalue weighted by atomic mass is 10.1. The predicted octanol–water partition coefficient (Wildman–Crippen LogP) is 2.65. The minimum Gasteiger partial charge on any atom is -0.423 e. The van der Waals surface area contributed by atoms with Crippen molar-refractivity contribution in [3.05, 3.63) is 71.8 Å². The van der Waals surface area contributed by atoms with Gasteiger partial charge in [0.15, 0.2) is 0 Å². The number of hydrogen-bond acceptors (Lipinski definition) is 3. The first-order valence-corrected chi connectivity index (χ1v) is 5.95. The van der Waals surface area contributed by atoms with Crippen LogP contribution in [0.3, 0.4) is 0 Å². The molecule has 100 valence electrons. The van der Waals surface area contributed by atoms with Crippen molar-refractivity contribution >= 4 is 18.0 Å². The van der Waals surface area contributed by atoms with Crippen molar-refractivity contribution in [2.24, 2.45) is 5.73 Å². The molecule has 20 heavy (non-hydrogen) atoms. The summed E-state index contributed by atoms with van der Waals surface area (Å²) in [6.45, 7) is 3.64. The number of rotatable bonds is 4. The van der Waals surface area contributed by atoms with Gasteiger partial charge in [0.2, 0.25) is 5.91 Å². The molecule has 2 aromatic rings. The van der Waals surface area contributed by atoms with Crippen LogP contribution in [0.4, 0.5) is 0 Å². The van der Waals surface area contributed by atoms with E-state index in [-0.39, 0.29) is 11.1 Å². The van der Waals surface area contributed by atoms with E-state index in [0.29, 0.717) is 5.75 Å². The first kappa shape index (κ1) is 13.5. The molecule has 4 nitrogen and oxygen atoms in total. The van der Waals surface area contributed by atoms with E-state index in [1.165, 1.54) is 12.1 Å². The van der Waals surface area contributed by atoms with E-state index in [0.717, 1.165) is 5.56 Å². The summed E-state index contributed by atoms with van der Waals surface area (Å²) in [5, 5.41) is 0.